The fraction of sp³-hybridized carbons (Fsp3) is 1.00. The first-order valence-corrected chi connectivity index (χ1v) is 4.72. The van der Waals surface area contributed by atoms with E-state index in [-0.39, 0.29) is 12.1 Å². The molecule has 0 radical (unpaired) electrons. The van der Waals surface area contributed by atoms with Crippen LogP contribution in [0.5, 0.6) is 0 Å². The summed E-state index contributed by atoms with van der Waals surface area (Å²) in [5.74, 6) is 0. The molecule has 0 amide bonds. The van der Waals surface area contributed by atoms with Gasteiger partial charge in [-0.15, -0.1) is 0 Å². The molecule has 0 aromatic carbocycles. The topological polar surface area (TPSA) is 38.5 Å². The van der Waals surface area contributed by atoms with E-state index in [1.54, 1.807) is 0 Å². The summed E-state index contributed by atoms with van der Waals surface area (Å²) >= 11 is 0. The number of hydrogen-bond acceptors (Lipinski definition) is 3. The summed E-state index contributed by atoms with van der Waals surface area (Å²) < 4.78 is 5.55. The van der Waals surface area contributed by atoms with Gasteiger partial charge < -0.3 is 10.5 Å². The van der Waals surface area contributed by atoms with E-state index < -0.39 is 0 Å². The Labute approximate surface area is 74.9 Å². The molecule has 1 aliphatic rings. The van der Waals surface area contributed by atoms with Crippen molar-refractivity contribution >= 4 is 0 Å². The molecule has 0 bridgehead atoms. The second-order valence-corrected chi connectivity index (χ2v) is 3.86. The van der Waals surface area contributed by atoms with Crippen LogP contribution in [0.25, 0.3) is 0 Å². The highest BCUT2D eigenvalue weighted by Crippen LogP contribution is 2.10. The Bertz CT molecular complexity index is 122. The quantitative estimate of drug-likeness (QED) is 0.657. The summed E-state index contributed by atoms with van der Waals surface area (Å²) in [7, 11) is 0. The molecule has 0 aromatic rings. The Morgan fingerprint density at radius 1 is 1.42 bits per heavy atom. The third-order valence-electron chi connectivity index (χ3n) is 2.44. The molecule has 0 spiro atoms. The summed E-state index contributed by atoms with van der Waals surface area (Å²) in [5.41, 5.74) is 5.78. The molecule has 2 N–H and O–H groups in total. The lowest BCUT2D eigenvalue weighted by Gasteiger charge is -2.36. The van der Waals surface area contributed by atoms with E-state index in [2.05, 4.69) is 18.7 Å². The van der Waals surface area contributed by atoms with Crippen molar-refractivity contribution in [2.24, 2.45) is 5.73 Å². The van der Waals surface area contributed by atoms with Crippen molar-refractivity contribution in [2.75, 3.05) is 19.7 Å². The molecule has 0 saturated carbocycles. The second-order valence-electron chi connectivity index (χ2n) is 3.86. The van der Waals surface area contributed by atoms with E-state index >= 15 is 0 Å². The molecule has 1 aliphatic heterocycles. The van der Waals surface area contributed by atoms with Gasteiger partial charge in [-0.3, -0.25) is 4.90 Å². The number of morpholine rings is 1. The fourth-order valence-electron chi connectivity index (χ4n) is 1.48. The molecule has 3 nitrogen and oxygen atoms in total. The average Bonchev–Trinajstić information content (AvgIpc) is 2.04. The Morgan fingerprint density at radius 3 is 2.58 bits per heavy atom. The van der Waals surface area contributed by atoms with Gasteiger partial charge in [0.25, 0.3) is 0 Å². The maximum atomic E-state index is 5.78. The first-order valence-electron chi connectivity index (χ1n) is 4.72. The minimum absolute atomic E-state index is 0.145. The highest BCUT2D eigenvalue weighted by Gasteiger charge is 2.24. The monoisotopic (exact) mass is 172 g/mol. The van der Waals surface area contributed by atoms with E-state index in [9.17, 15) is 0 Å². The summed E-state index contributed by atoms with van der Waals surface area (Å²) in [6, 6.07) is 0.752. The van der Waals surface area contributed by atoms with Crippen LogP contribution in [0.3, 0.4) is 0 Å². The molecule has 1 heterocycles. The predicted octanol–water partition coefficient (Wildman–Crippen LogP) is 0.443. The van der Waals surface area contributed by atoms with Crippen molar-refractivity contribution < 1.29 is 4.74 Å². The van der Waals surface area contributed by atoms with E-state index in [1.165, 1.54) is 0 Å². The Kier molecular flexibility index (Phi) is 3.50. The van der Waals surface area contributed by atoms with Gasteiger partial charge in [0.2, 0.25) is 0 Å². The molecule has 0 aromatic heterocycles. The van der Waals surface area contributed by atoms with Gasteiger partial charge in [-0.1, -0.05) is 0 Å². The molecule has 72 valence electrons. The Hall–Kier alpha value is -0.120. The van der Waals surface area contributed by atoms with Gasteiger partial charge in [0.1, 0.15) is 0 Å². The third-order valence-corrected chi connectivity index (χ3v) is 2.44. The molecule has 1 fully saturated rings. The van der Waals surface area contributed by atoms with Crippen LogP contribution in [0.4, 0.5) is 0 Å². The van der Waals surface area contributed by atoms with Gasteiger partial charge in [0.15, 0.2) is 0 Å². The van der Waals surface area contributed by atoms with Gasteiger partial charge in [-0.25, -0.2) is 0 Å². The van der Waals surface area contributed by atoms with Crippen LogP contribution < -0.4 is 5.73 Å². The van der Waals surface area contributed by atoms with E-state index in [1.807, 2.05) is 6.92 Å². The fourth-order valence-corrected chi connectivity index (χ4v) is 1.48. The molecule has 0 aliphatic carbocycles. The zero-order valence-electron chi connectivity index (χ0n) is 8.29. The maximum Gasteiger partial charge on any atom is 0.0850 e. The lowest BCUT2D eigenvalue weighted by molar-refractivity contribution is -0.0470. The lowest BCUT2D eigenvalue weighted by atomic mass is 10.1. The van der Waals surface area contributed by atoms with Crippen molar-refractivity contribution in [2.45, 2.75) is 39.0 Å². The Balaban J connectivity index is 2.40. The molecular formula is C9H20N2O. The van der Waals surface area contributed by atoms with Gasteiger partial charge in [-0.2, -0.15) is 0 Å². The highest BCUT2D eigenvalue weighted by atomic mass is 16.5. The van der Waals surface area contributed by atoms with E-state index in [0.29, 0.717) is 6.04 Å². The largest absolute Gasteiger partial charge is 0.374 e. The molecule has 1 unspecified atom stereocenters. The number of ether oxygens (including phenoxy) is 1. The standard InChI is InChI=1S/C9H20N2O/c1-7(2)11-4-5-12-9(6-11)8(3)10/h7-9H,4-6,10H2,1-3H3/t8-,9?/m0/s1. The number of nitrogens with two attached hydrogens (primary N) is 1. The smallest absolute Gasteiger partial charge is 0.0850 e. The first kappa shape index (κ1) is 9.96. The van der Waals surface area contributed by atoms with Crippen LogP contribution in [0.15, 0.2) is 0 Å². The first-order chi connectivity index (χ1) is 5.61. The van der Waals surface area contributed by atoms with E-state index in [0.717, 1.165) is 19.7 Å². The van der Waals surface area contributed by atoms with Crippen LogP contribution in [0.1, 0.15) is 20.8 Å². The maximum absolute atomic E-state index is 5.78. The number of nitrogens with zero attached hydrogens (tertiary/aromatic N) is 1. The highest BCUT2D eigenvalue weighted by molar-refractivity contribution is 4.79. The van der Waals surface area contributed by atoms with Crippen LogP contribution in [0, 0.1) is 0 Å². The summed E-state index contributed by atoms with van der Waals surface area (Å²) in [4.78, 5) is 2.41. The SMILES string of the molecule is CC(C)N1CCOC([C@H](C)N)C1. The van der Waals surface area contributed by atoms with E-state index in [4.69, 9.17) is 10.5 Å². The minimum atomic E-state index is 0.145. The second kappa shape index (κ2) is 4.21. The normalized spacial score (nSPS) is 29.2. The summed E-state index contributed by atoms with van der Waals surface area (Å²) in [6.07, 6.45) is 0.223. The lowest BCUT2D eigenvalue weighted by Crippen LogP contribution is -2.51. The van der Waals surface area contributed by atoms with Gasteiger partial charge >= 0.3 is 0 Å². The van der Waals surface area contributed by atoms with Crippen molar-refractivity contribution in [3.05, 3.63) is 0 Å². The molecular weight excluding hydrogens is 152 g/mol. The van der Waals surface area contributed by atoms with Crippen molar-refractivity contribution in [1.82, 2.24) is 4.90 Å². The van der Waals surface area contributed by atoms with Gasteiger partial charge in [0, 0.05) is 25.2 Å². The summed E-state index contributed by atoms with van der Waals surface area (Å²) in [5, 5.41) is 0. The van der Waals surface area contributed by atoms with Crippen LogP contribution >= 0.6 is 0 Å². The zero-order chi connectivity index (χ0) is 9.14. The average molecular weight is 172 g/mol. The predicted molar refractivity (Wildman–Crippen MR) is 50.1 cm³/mol. The van der Waals surface area contributed by atoms with Crippen molar-refractivity contribution in [3.63, 3.8) is 0 Å². The molecule has 1 saturated heterocycles. The molecule has 2 atom stereocenters. The summed E-state index contributed by atoms with van der Waals surface area (Å²) in [6.45, 7) is 9.28. The number of hydrogen-bond donors (Lipinski definition) is 1. The number of rotatable bonds is 2. The zero-order valence-corrected chi connectivity index (χ0v) is 8.29. The molecule has 12 heavy (non-hydrogen) atoms. The van der Waals surface area contributed by atoms with Crippen molar-refractivity contribution in [3.8, 4) is 0 Å². The molecule has 1 rings (SSSR count). The van der Waals surface area contributed by atoms with Gasteiger partial charge in [-0.05, 0) is 20.8 Å². The van der Waals surface area contributed by atoms with Crippen LogP contribution in [0.2, 0.25) is 0 Å². The minimum Gasteiger partial charge on any atom is -0.374 e. The van der Waals surface area contributed by atoms with Crippen LogP contribution in [-0.4, -0.2) is 42.8 Å². The molecule has 3 heteroatoms. The van der Waals surface area contributed by atoms with Crippen LogP contribution in [-0.2, 0) is 4.74 Å². The van der Waals surface area contributed by atoms with Gasteiger partial charge in [0.05, 0.1) is 12.7 Å². The third kappa shape index (κ3) is 2.44. The van der Waals surface area contributed by atoms with Crippen molar-refractivity contribution in [1.29, 1.82) is 0 Å². The Morgan fingerprint density at radius 2 is 2.08 bits per heavy atom.